The van der Waals surface area contributed by atoms with Gasteiger partial charge in [0.1, 0.15) is 0 Å². The standard InChI is InChI=1S/2C10H9.4C4H9.C3H7.2Hf/c2*1-8-6-9-4-2-3-5-10(9)7-8;4*1-3-4-2;1-3-2;;/h2*2-7H,1H3;4*1,3-4H2,2H3;3H,1-2H3;;/q7*-1;;+4. The molecule has 0 unspecified atom stereocenters. The minimum Gasteiger partial charge on any atom is -0.343 e. The summed E-state index contributed by atoms with van der Waals surface area (Å²) in [5, 5.41) is 5.39. The van der Waals surface area contributed by atoms with Gasteiger partial charge < -0.3 is 34.1 Å². The van der Waals surface area contributed by atoms with Gasteiger partial charge in [0.15, 0.2) is 0 Å². The van der Waals surface area contributed by atoms with Crippen LogP contribution in [0.5, 0.6) is 0 Å². The van der Waals surface area contributed by atoms with Crippen LogP contribution in [-0.4, -0.2) is 0 Å². The Balaban J connectivity index is -0.000000130. The molecule has 0 aliphatic carbocycles. The summed E-state index contributed by atoms with van der Waals surface area (Å²) in [5.74, 6) is 0. The first-order chi connectivity index (χ1) is 18.8. The topological polar surface area (TPSA) is 0 Å². The van der Waals surface area contributed by atoms with Crippen LogP contribution in [0.1, 0.15) is 104 Å². The molecule has 0 saturated carbocycles. The molecule has 41 heavy (non-hydrogen) atoms. The van der Waals surface area contributed by atoms with E-state index < -0.39 is 0 Å². The summed E-state index contributed by atoms with van der Waals surface area (Å²) in [6.45, 7) is 31.1. The molecule has 0 spiro atoms. The van der Waals surface area contributed by atoms with Gasteiger partial charge in [-0.25, -0.2) is 0 Å². The van der Waals surface area contributed by atoms with Crippen molar-refractivity contribution in [3.05, 3.63) is 118 Å². The van der Waals surface area contributed by atoms with Crippen LogP contribution in [0, 0.1) is 48.0 Å². The average Bonchev–Trinajstić information content (AvgIpc) is 3.54. The molecule has 0 aromatic heterocycles. The van der Waals surface area contributed by atoms with Crippen molar-refractivity contribution in [3.8, 4) is 0 Å². The second-order valence-electron chi connectivity index (χ2n) is 9.31. The van der Waals surface area contributed by atoms with Crippen molar-refractivity contribution < 1.29 is 51.7 Å². The molecule has 0 N–H and O–H groups in total. The quantitative estimate of drug-likeness (QED) is 0.141. The molecule has 4 aromatic rings. The second kappa shape index (κ2) is 39.4. The Hall–Kier alpha value is -0.600. The van der Waals surface area contributed by atoms with Gasteiger partial charge in [-0.05, 0) is 0 Å². The maximum absolute atomic E-state index is 3.60. The Morgan fingerprint density at radius 2 is 0.780 bits per heavy atom. The van der Waals surface area contributed by atoms with Crippen molar-refractivity contribution in [1.29, 1.82) is 0 Å². The van der Waals surface area contributed by atoms with Crippen LogP contribution in [-0.2, 0) is 51.7 Å². The molecule has 0 aliphatic heterocycles. The first kappa shape index (κ1) is 50.0. The van der Waals surface area contributed by atoms with Crippen LogP contribution in [0.3, 0.4) is 0 Å². The summed E-state index contributed by atoms with van der Waals surface area (Å²) in [6.07, 6.45) is 11.1. The fourth-order valence-electron chi connectivity index (χ4n) is 2.61. The third-order valence-electron chi connectivity index (χ3n) is 4.94. The Morgan fingerprint density at radius 3 is 0.976 bits per heavy atom. The van der Waals surface area contributed by atoms with Gasteiger partial charge in [0.2, 0.25) is 0 Å². The van der Waals surface area contributed by atoms with Gasteiger partial charge in [-0.1, -0.05) is 79.4 Å². The van der Waals surface area contributed by atoms with E-state index in [4.69, 9.17) is 0 Å². The van der Waals surface area contributed by atoms with Gasteiger partial charge in [0.25, 0.3) is 0 Å². The van der Waals surface area contributed by atoms with Crippen LogP contribution < -0.4 is 0 Å². The van der Waals surface area contributed by atoms with E-state index in [-0.39, 0.29) is 51.7 Å². The fraction of sp³-hybridized carbons (Fsp3) is 0.410. The number of aryl methyl sites for hydroxylation is 2. The summed E-state index contributed by atoms with van der Waals surface area (Å²) in [6, 6.07) is 25.7. The van der Waals surface area contributed by atoms with E-state index in [0.717, 1.165) is 25.7 Å². The summed E-state index contributed by atoms with van der Waals surface area (Å²) < 4.78 is 0. The Labute approximate surface area is 295 Å². The van der Waals surface area contributed by atoms with E-state index >= 15 is 0 Å². The third kappa shape index (κ3) is 32.2. The monoisotopic (exact) mass is 889 g/mol. The molecule has 4 rings (SSSR count). The number of hydrogen-bond donors (Lipinski definition) is 0. The number of fused-ring (bicyclic) bond motifs is 2. The number of benzene rings is 2. The molecule has 228 valence electrons. The SMILES string of the molecule is C[CH-]C.Cc1cc2ccccc2[cH-]1.Cc1cc2ccccc2[cH-]1.[CH2-]CCC.[CH2-]CCC.[CH2-]CCC.[CH2-]CCC.[Hf+4].[Hf]. The predicted octanol–water partition coefficient (Wildman–Crippen LogP) is 13.4. The maximum atomic E-state index is 3.60. The molecule has 0 saturated heterocycles. The molecule has 0 nitrogen and oxygen atoms in total. The molecule has 0 heterocycles. The van der Waals surface area contributed by atoms with Gasteiger partial charge in [0, 0.05) is 25.8 Å². The van der Waals surface area contributed by atoms with Crippen LogP contribution >= 0.6 is 0 Å². The van der Waals surface area contributed by atoms with Crippen molar-refractivity contribution >= 4 is 21.5 Å². The van der Waals surface area contributed by atoms with Gasteiger partial charge in [-0.3, -0.25) is 0 Å². The Morgan fingerprint density at radius 1 is 0.561 bits per heavy atom. The molecule has 0 amide bonds. The first-order valence-electron chi connectivity index (χ1n) is 14.9. The molecule has 0 bridgehead atoms. The minimum atomic E-state index is 0. The van der Waals surface area contributed by atoms with E-state index in [1.165, 1.54) is 58.4 Å². The Kier molecular flexibility index (Phi) is 48.1. The molecular formula is C39H61Hf2-3. The van der Waals surface area contributed by atoms with Crippen LogP contribution in [0.15, 0.2) is 72.8 Å². The molecule has 0 fully saturated rings. The second-order valence-corrected chi connectivity index (χ2v) is 9.31. The summed E-state index contributed by atoms with van der Waals surface area (Å²) in [4.78, 5) is 0. The van der Waals surface area contributed by atoms with Crippen LogP contribution in [0.4, 0.5) is 0 Å². The largest absolute Gasteiger partial charge is 4.00 e. The van der Waals surface area contributed by atoms with Crippen LogP contribution in [0.25, 0.3) is 21.5 Å². The van der Waals surface area contributed by atoms with Crippen molar-refractivity contribution in [1.82, 2.24) is 0 Å². The summed E-state index contributed by atoms with van der Waals surface area (Å²) >= 11 is 0. The van der Waals surface area contributed by atoms with E-state index in [2.05, 4.69) is 142 Å². The van der Waals surface area contributed by atoms with E-state index in [1.54, 1.807) is 0 Å². The molecule has 2 heteroatoms. The van der Waals surface area contributed by atoms with Gasteiger partial charge in [-0.15, -0.1) is 81.2 Å². The third-order valence-corrected chi connectivity index (χ3v) is 4.94. The number of hydrogen-bond acceptors (Lipinski definition) is 0. The molecule has 0 aliphatic rings. The van der Waals surface area contributed by atoms with Crippen LogP contribution in [0.2, 0.25) is 0 Å². The zero-order chi connectivity index (χ0) is 30.3. The van der Waals surface area contributed by atoms with E-state index in [0.29, 0.717) is 0 Å². The zero-order valence-corrected chi connectivity index (χ0v) is 35.2. The molecule has 4 aromatic carbocycles. The van der Waals surface area contributed by atoms with Crippen molar-refractivity contribution in [2.24, 2.45) is 0 Å². The minimum absolute atomic E-state index is 0. The van der Waals surface area contributed by atoms with Crippen molar-refractivity contribution in [2.45, 2.75) is 107 Å². The normalized spacial score (nSPS) is 8.49. The first-order valence-corrected chi connectivity index (χ1v) is 14.9. The number of rotatable bonds is 4. The summed E-state index contributed by atoms with van der Waals surface area (Å²) in [5.41, 5.74) is 2.70. The maximum Gasteiger partial charge on any atom is 4.00 e. The molecular weight excluding hydrogens is 825 g/mol. The average molecular weight is 887 g/mol. The molecule has 0 atom stereocenters. The van der Waals surface area contributed by atoms with Gasteiger partial charge in [-0.2, -0.15) is 51.7 Å². The molecule has 0 radical (unpaired) electrons. The smallest absolute Gasteiger partial charge is 0.343 e. The van der Waals surface area contributed by atoms with Gasteiger partial charge in [0.05, 0.1) is 0 Å². The Bertz CT molecular complexity index is 815. The van der Waals surface area contributed by atoms with E-state index in [9.17, 15) is 0 Å². The van der Waals surface area contributed by atoms with E-state index in [1.807, 2.05) is 20.3 Å². The van der Waals surface area contributed by atoms with Crippen molar-refractivity contribution in [2.75, 3.05) is 0 Å². The van der Waals surface area contributed by atoms with Gasteiger partial charge >= 0.3 is 25.8 Å². The number of unbranched alkanes of at least 4 members (excludes halogenated alkanes) is 4. The fourth-order valence-corrected chi connectivity index (χ4v) is 2.61. The predicted molar refractivity (Wildman–Crippen MR) is 185 cm³/mol. The van der Waals surface area contributed by atoms with Crippen molar-refractivity contribution in [3.63, 3.8) is 0 Å². The zero-order valence-electron chi connectivity index (χ0n) is 28.0. The summed E-state index contributed by atoms with van der Waals surface area (Å²) in [7, 11) is 0.